The molecule has 0 saturated carbocycles. The number of aliphatic hydroxyl groups is 1. The maximum atomic E-state index is 14.8. The Morgan fingerprint density at radius 1 is 0.408 bits per heavy atom. The third-order valence-corrected chi connectivity index (χ3v) is 17.5. The van der Waals surface area contributed by atoms with E-state index in [-0.39, 0.29) is 94.2 Å². The molecule has 33 nitrogen and oxygen atoms in total. The van der Waals surface area contributed by atoms with Crippen LogP contribution in [0.5, 0.6) is 0 Å². The molecule has 584 valence electrons. The summed E-state index contributed by atoms with van der Waals surface area (Å²) in [5.74, 6) is -13.7. The van der Waals surface area contributed by atoms with E-state index in [9.17, 15) is 81.8 Å². The van der Waals surface area contributed by atoms with Gasteiger partial charge in [-0.05, 0) is 140 Å². The maximum absolute atomic E-state index is 14.8. The van der Waals surface area contributed by atoms with Crippen molar-refractivity contribution in [2.24, 2.45) is 52.7 Å². The molecule has 2 heterocycles. The Kier molecular flexibility index (Phi) is 37.2. The van der Waals surface area contributed by atoms with Crippen LogP contribution < -0.4 is 75.7 Å². The van der Waals surface area contributed by atoms with Gasteiger partial charge in [0.2, 0.25) is 94.5 Å². The second kappa shape index (κ2) is 42.3. The minimum atomic E-state index is -1.92. The lowest BCUT2D eigenvalue weighted by Gasteiger charge is -2.35. The number of hydrogen-bond donors (Lipinski definition) is 15. The quantitative estimate of drug-likeness (QED) is 0.0341. The summed E-state index contributed by atoms with van der Waals surface area (Å²) in [7, 11) is 0. The molecule has 2 aliphatic heterocycles. The summed E-state index contributed by atoms with van der Waals surface area (Å²) in [5.41, 5.74) is 12.9. The Morgan fingerprint density at radius 2 is 0.748 bits per heavy atom. The topological polar surface area (TPSA) is 510 Å². The summed E-state index contributed by atoms with van der Waals surface area (Å²) in [6.45, 7) is 28.4. The largest absolute Gasteiger partial charge is 0.394 e. The van der Waals surface area contributed by atoms with Crippen LogP contribution in [0.2, 0.25) is 0 Å². The third-order valence-electron chi connectivity index (χ3n) is 17.5. The van der Waals surface area contributed by atoms with Gasteiger partial charge in [0.15, 0.2) is 0 Å². The highest BCUT2D eigenvalue weighted by Crippen LogP contribution is 2.25. The molecule has 2 rings (SSSR count). The zero-order valence-electron chi connectivity index (χ0n) is 63.6. The minimum Gasteiger partial charge on any atom is -0.394 e. The summed E-state index contributed by atoms with van der Waals surface area (Å²) in [5, 5.41) is 39.1. The van der Waals surface area contributed by atoms with Crippen molar-refractivity contribution < 1.29 is 81.8 Å². The summed E-state index contributed by atoms with van der Waals surface area (Å²) in [6.07, 6.45) is -0.386. The molecule has 103 heavy (non-hydrogen) atoms. The third kappa shape index (κ3) is 31.1. The van der Waals surface area contributed by atoms with Gasteiger partial charge < -0.3 is 90.6 Å². The number of aliphatic hydroxyl groups excluding tert-OH is 1. The molecule has 2 aliphatic rings. The number of nitrogens with zero attached hydrogens (tertiary/aromatic N) is 2. The molecule has 33 heteroatoms. The molecule has 0 spiro atoms. The van der Waals surface area contributed by atoms with Gasteiger partial charge >= 0.3 is 0 Å². The van der Waals surface area contributed by atoms with E-state index in [1.54, 1.807) is 41.5 Å². The number of nitrogens with one attached hydrogen (secondary N) is 11. The van der Waals surface area contributed by atoms with E-state index in [1.807, 2.05) is 41.5 Å². The van der Waals surface area contributed by atoms with Crippen LogP contribution in [-0.2, 0) is 76.7 Å². The van der Waals surface area contributed by atoms with Gasteiger partial charge in [-0.25, -0.2) is 0 Å². The predicted molar refractivity (Wildman–Crippen MR) is 381 cm³/mol. The molecule has 2 saturated heterocycles. The van der Waals surface area contributed by atoms with Gasteiger partial charge in [0.05, 0.1) is 12.6 Å². The van der Waals surface area contributed by atoms with E-state index >= 15 is 0 Å². The van der Waals surface area contributed by atoms with Crippen molar-refractivity contribution in [2.75, 3.05) is 19.7 Å². The first kappa shape index (κ1) is 90.6. The van der Waals surface area contributed by atoms with Crippen molar-refractivity contribution in [3.63, 3.8) is 0 Å². The number of primary amides is 3. The lowest BCUT2D eigenvalue weighted by Crippen LogP contribution is -2.63. The van der Waals surface area contributed by atoms with Gasteiger partial charge in [-0.2, -0.15) is 0 Å². The number of carbonyl (C=O) groups is 16. The first-order chi connectivity index (χ1) is 47.7. The van der Waals surface area contributed by atoms with Crippen LogP contribution in [0.25, 0.3) is 0 Å². The molecule has 18 N–H and O–H groups in total. The molecule has 0 aliphatic carbocycles. The Morgan fingerprint density at radius 3 is 1.16 bits per heavy atom. The van der Waals surface area contributed by atoms with Crippen LogP contribution >= 0.6 is 0 Å². The fourth-order valence-electron chi connectivity index (χ4n) is 12.3. The van der Waals surface area contributed by atoms with E-state index in [4.69, 9.17) is 17.2 Å². The van der Waals surface area contributed by atoms with Gasteiger partial charge in [-0.15, -0.1) is 0 Å². The molecular weight excluding hydrogens is 1340 g/mol. The van der Waals surface area contributed by atoms with Crippen LogP contribution in [0.4, 0.5) is 0 Å². The van der Waals surface area contributed by atoms with Crippen LogP contribution in [0.1, 0.15) is 214 Å². The molecule has 0 unspecified atom stereocenters. The van der Waals surface area contributed by atoms with Gasteiger partial charge in [-0.3, -0.25) is 76.7 Å². The lowest BCUT2D eigenvalue weighted by atomic mass is 9.98. The number of carbonyl (C=O) groups excluding carboxylic acids is 16. The number of amides is 16. The second-order valence-corrected chi connectivity index (χ2v) is 30.9. The number of likely N-dealkylation sites (tertiary alicyclic amines) is 2. The smallest absolute Gasteiger partial charge is 0.248 e. The molecule has 2 fully saturated rings. The fraction of sp³-hybridized carbons (Fsp3) is 0.771. The molecule has 0 bridgehead atoms. The Hall–Kier alpha value is -8.52. The average molecular weight is 1460 g/mol. The molecule has 0 radical (unpaired) electrons. The first-order valence-electron chi connectivity index (χ1n) is 36.1. The highest BCUT2D eigenvalue weighted by atomic mass is 16.3. The molecule has 0 aromatic carbocycles. The average Bonchev–Trinajstić information content (AvgIpc) is 1.77. The number of rotatable bonds is 44. The fourth-order valence-corrected chi connectivity index (χ4v) is 12.3. The molecule has 11 atom stereocenters. The second-order valence-electron chi connectivity index (χ2n) is 30.9. The van der Waals surface area contributed by atoms with Crippen molar-refractivity contribution >= 4 is 94.5 Å². The Bertz CT molecular complexity index is 2990. The van der Waals surface area contributed by atoms with Crippen molar-refractivity contribution in [3.05, 3.63) is 0 Å². The van der Waals surface area contributed by atoms with Crippen LogP contribution in [0.15, 0.2) is 0 Å². The molecule has 0 aromatic heterocycles. The SMILES string of the molecule is CC(=O)N[C@H](C(=O)N[C@@H](CCC(N)=O)C(=O)N[C@@H](CC(C)C)C(=O)NC(C)(C)C(=O)N[C@@H](CCC(N)=O)C(=O)N[C@@H](CCC(N)=O)C(=O)N[C@@H](CC(C)C)C(=O)N[C@@H](CC(C)C)C(=O)N1CCC[C@H]1C(=O)N[C@@H](CC(C)C)C(=O)NC(C)(C)C(=O)N1CCC[C@H]1C(=O)N[C@H](CO)CC(C)C)C(C)C. The number of hydrogen-bond acceptors (Lipinski definition) is 17. The van der Waals surface area contributed by atoms with E-state index in [2.05, 4.69) is 58.5 Å². The highest BCUT2D eigenvalue weighted by Gasteiger charge is 2.45. The monoisotopic (exact) mass is 1460 g/mol. The predicted octanol–water partition coefficient (Wildman–Crippen LogP) is -1.18. The van der Waals surface area contributed by atoms with Crippen molar-refractivity contribution in [2.45, 2.75) is 292 Å². The van der Waals surface area contributed by atoms with Crippen LogP contribution in [0.3, 0.4) is 0 Å². The van der Waals surface area contributed by atoms with Crippen molar-refractivity contribution in [1.82, 2.24) is 68.3 Å². The Balaban J connectivity index is 2.44. The zero-order valence-corrected chi connectivity index (χ0v) is 63.6. The van der Waals surface area contributed by atoms with Crippen LogP contribution in [-0.4, -0.2) is 207 Å². The minimum absolute atomic E-state index is 0.0176. The summed E-state index contributed by atoms with van der Waals surface area (Å²) < 4.78 is 0. The van der Waals surface area contributed by atoms with E-state index in [0.29, 0.717) is 25.7 Å². The molecule has 0 aromatic rings. The van der Waals surface area contributed by atoms with Gasteiger partial charge in [-0.1, -0.05) is 83.1 Å². The summed E-state index contributed by atoms with van der Waals surface area (Å²) in [6, 6.07) is -13.5. The Labute approximate surface area is 606 Å². The molecular formula is C70H122N16O17. The summed E-state index contributed by atoms with van der Waals surface area (Å²) >= 11 is 0. The summed E-state index contributed by atoms with van der Waals surface area (Å²) in [4.78, 5) is 222. The van der Waals surface area contributed by atoms with Crippen LogP contribution in [0, 0.1) is 35.5 Å². The van der Waals surface area contributed by atoms with Crippen molar-refractivity contribution in [3.8, 4) is 0 Å². The van der Waals surface area contributed by atoms with Gasteiger partial charge in [0, 0.05) is 39.3 Å². The maximum Gasteiger partial charge on any atom is 0.248 e. The lowest BCUT2D eigenvalue weighted by molar-refractivity contribution is -0.145. The van der Waals surface area contributed by atoms with Gasteiger partial charge in [0.25, 0.3) is 0 Å². The van der Waals surface area contributed by atoms with E-state index in [0.717, 1.165) is 0 Å². The first-order valence-corrected chi connectivity index (χ1v) is 36.1. The standard InChI is InChI=1S/C70H122N16O17/c1-36(2)30-43(35-87)75-63(98)52-21-19-29-86(52)68(103)70(16,17)84-62(97)49(33-39(7)8)80-64(99)51-20-18-28-85(51)66(101)50(34-40(9)10)81-60(95)47(31-37(3)4)78-57(92)44(22-25-53(71)89)76-59(94)46(24-27-55(73)91)82-67(102)69(14,15)83-61(96)48(32-38(5)6)79-58(93)45(23-26-54(72)90)77-65(100)56(41(11)12)74-42(13)88/h36-41,43-52,56,87H,18-35H2,1-17H3,(H2,71,89)(H2,72,90)(H2,73,91)(H,74,88)(H,75,98)(H,76,94)(H,77,100)(H,78,92)(H,79,93)(H,80,99)(H,81,95)(H,82,102)(H,83,96)(H,84,97)/t43-,44-,45-,46-,47-,48-,49-,50-,51-,52-,56-/m0/s1. The van der Waals surface area contributed by atoms with E-state index in [1.165, 1.54) is 44.4 Å². The van der Waals surface area contributed by atoms with Crippen molar-refractivity contribution in [1.29, 1.82) is 0 Å². The van der Waals surface area contributed by atoms with Gasteiger partial charge in [0.1, 0.15) is 71.5 Å². The highest BCUT2D eigenvalue weighted by molar-refractivity contribution is 6.01. The number of nitrogens with two attached hydrogens (primary N) is 3. The zero-order chi connectivity index (χ0) is 78.7. The molecule has 16 amide bonds. The van der Waals surface area contributed by atoms with E-state index < -0.39 is 204 Å². The normalized spacial score (nSPS) is 17.4.